The fourth-order valence-electron chi connectivity index (χ4n) is 4.41. The maximum Gasteiger partial charge on any atom is 0.253 e. The molecule has 154 valence electrons. The molecule has 8 heteroatoms. The quantitative estimate of drug-likeness (QED) is 0.660. The number of nitrogens with one attached hydrogen (secondary N) is 1. The van der Waals surface area contributed by atoms with Crippen molar-refractivity contribution in [3.63, 3.8) is 0 Å². The number of aromatic nitrogens is 5. The van der Waals surface area contributed by atoms with Gasteiger partial charge in [-0.25, -0.2) is 4.68 Å². The van der Waals surface area contributed by atoms with Gasteiger partial charge in [0, 0.05) is 16.5 Å². The molecule has 2 heterocycles. The lowest BCUT2D eigenvalue weighted by molar-refractivity contribution is 0.230. The van der Waals surface area contributed by atoms with Gasteiger partial charge in [0.25, 0.3) is 5.56 Å². The van der Waals surface area contributed by atoms with E-state index in [0.29, 0.717) is 11.6 Å². The van der Waals surface area contributed by atoms with Crippen molar-refractivity contribution in [2.24, 2.45) is 0 Å². The van der Waals surface area contributed by atoms with Crippen molar-refractivity contribution in [1.82, 2.24) is 30.1 Å². The minimum Gasteiger partial charge on any atom is -0.497 e. The Bertz CT molecular complexity index is 1030. The Balaban J connectivity index is 1.88. The van der Waals surface area contributed by atoms with Crippen molar-refractivity contribution in [1.29, 1.82) is 0 Å². The smallest absolute Gasteiger partial charge is 0.253 e. The number of nitrogens with zero attached hydrogens (tertiary/aromatic N) is 5. The van der Waals surface area contributed by atoms with E-state index in [0.717, 1.165) is 48.4 Å². The summed E-state index contributed by atoms with van der Waals surface area (Å²) in [5.74, 6) is 1.50. The van der Waals surface area contributed by atoms with Crippen molar-refractivity contribution in [3.05, 3.63) is 46.0 Å². The van der Waals surface area contributed by atoms with Crippen LogP contribution in [0.1, 0.15) is 63.0 Å². The Morgan fingerprint density at radius 1 is 1.24 bits per heavy atom. The van der Waals surface area contributed by atoms with Gasteiger partial charge in [0.05, 0.1) is 13.2 Å². The van der Waals surface area contributed by atoms with Crippen LogP contribution in [-0.2, 0) is 0 Å². The van der Waals surface area contributed by atoms with Crippen LogP contribution in [-0.4, -0.2) is 50.3 Å². The van der Waals surface area contributed by atoms with Crippen molar-refractivity contribution < 1.29 is 4.74 Å². The molecule has 1 atom stereocenters. The lowest BCUT2D eigenvalue weighted by Crippen LogP contribution is -2.35. The van der Waals surface area contributed by atoms with Crippen LogP contribution in [0.25, 0.3) is 10.9 Å². The summed E-state index contributed by atoms with van der Waals surface area (Å²) in [6.07, 6.45) is 4.54. The third-order valence-corrected chi connectivity index (χ3v) is 5.99. The van der Waals surface area contributed by atoms with Crippen LogP contribution in [0, 0.1) is 0 Å². The molecule has 1 fully saturated rings. The van der Waals surface area contributed by atoms with Gasteiger partial charge in [-0.1, -0.05) is 26.7 Å². The average Bonchev–Trinajstić information content (AvgIpc) is 3.43. The van der Waals surface area contributed by atoms with Gasteiger partial charge in [0.2, 0.25) is 0 Å². The molecule has 0 amide bonds. The predicted octanol–water partition coefficient (Wildman–Crippen LogP) is 3.07. The molecule has 0 spiro atoms. The fourth-order valence-corrected chi connectivity index (χ4v) is 4.41. The van der Waals surface area contributed by atoms with E-state index < -0.39 is 0 Å². The molecular weight excluding hydrogens is 368 g/mol. The first-order chi connectivity index (χ1) is 14.2. The number of ether oxygens (including phenoxy) is 1. The van der Waals surface area contributed by atoms with Gasteiger partial charge in [0.15, 0.2) is 5.82 Å². The van der Waals surface area contributed by atoms with E-state index in [1.54, 1.807) is 7.11 Å². The predicted molar refractivity (Wildman–Crippen MR) is 111 cm³/mol. The maximum atomic E-state index is 13.1. The minimum absolute atomic E-state index is 0.111. The minimum atomic E-state index is -0.306. The SMILES string of the molecule is CCN(CC)C(c1cc2cc(OC)ccc2[nH]c1=O)c1nnnn1C1CCCC1. The molecule has 0 radical (unpaired) electrons. The second-order valence-electron chi connectivity index (χ2n) is 7.55. The largest absolute Gasteiger partial charge is 0.497 e. The summed E-state index contributed by atoms with van der Waals surface area (Å²) < 4.78 is 7.31. The number of benzene rings is 1. The summed E-state index contributed by atoms with van der Waals surface area (Å²) >= 11 is 0. The molecule has 1 aromatic carbocycles. The molecule has 1 saturated carbocycles. The first-order valence-corrected chi connectivity index (χ1v) is 10.4. The zero-order valence-electron chi connectivity index (χ0n) is 17.3. The average molecular weight is 396 g/mol. The molecule has 0 saturated heterocycles. The van der Waals surface area contributed by atoms with E-state index in [1.165, 1.54) is 12.8 Å². The van der Waals surface area contributed by atoms with Gasteiger partial charge in [0.1, 0.15) is 11.8 Å². The zero-order valence-corrected chi connectivity index (χ0v) is 17.3. The van der Waals surface area contributed by atoms with Crippen molar-refractivity contribution in [2.45, 2.75) is 51.6 Å². The van der Waals surface area contributed by atoms with Crippen molar-refractivity contribution >= 4 is 10.9 Å². The van der Waals surface area contributed by atoms with Crippen LogP contribution in [0.5, 0.6) is 5.75 Å². The normalized spacial score (nSPS) is 16.0. The molecule has 2 aromatic heterocycles. The molecule has 0 aliphatic heterocycles. The zero-order chi connectivity index (χ0) is 20.4. The molecule has 1 aliphatic rings. The molecule has 29 heavy (non-hydrogen) atoms. The van der Waals surface area contributed by atoms with E-state index in [-0.39, 0.29) is 11.6 Å². The highest BCUT2D eigenvalue weighted by Gasteiger charge is 2.31. The topological polar surface area (TPSA) is 88.9 Å². The standard InChI is InChI=1S/C21H28N6O2/c1-4-26(5-2)19(20-23-24-25-27(20)15-8-6-7-9-15)17-13-14-12-16(29-3)10-11-18(14)22-21(17)28/h10-13,15,19H,4-9H2,1-3H3,(H,22,28). The number of hydrogen-bond donors (Lipinski definition) is 1. The Morgan fingerprint density at radius 2 is 2.00 bits per heavy atom. The maximum absolute atomic E-state index is 13.1. The third kappa shape index (κ3) is 3.64. The number of pyridine rings is 1. The number of hydrogen-bond acceptors (Lipinski definition) is 6. The van der Waals surface area contributed by atoms with E-state index in [4.69, 9.17) is 4.74 Å². The molecule has 8 nitrogen and oxygen atoms in total. The number of methoxy groups -OCH3 is 1. The molecule has 3 aromatic rings. The van der Waals surface area contributed by atoms with Gasteiger partial charge in [-0.2, -0.15) is 0 Å². The molecule has 0 bridgehead atoms. The van der Waals surface area contributed by atoms with Crippen LogP contribution in [0.2, 0.25) is 0 Å². The summed E-state index contributed by atoms with van der Waals surface area (Å²) in [6, 6.07) is 7.61. The molecule has 1 N–H and O–H groups in total. The van der Waals surface area contributed by atoms with Gasteiger partial charge >= 0.3 is 0 Å². The van der Waals surface area contributed by atoms with Crippen LogP contribution in [0.3, 0.4) is 0 Å². The van der Waals surface area contributed by atoms with E-state index in [9.17, 15) is 4.79 Å². The lowest BCUT2D eigenvalue weighted by atomic mass is 10.0. The van der Waals surface area contributed by atoms with E-state index >= 15 is 0 Å². The number of aromatic amines is 1. The number of rotatable bonds is 7. The Hall–Kier alpha value is -2.74. The molecule has 1 unspecified atom stereocenters. The first kappa shape index (κ1) is 19.6. The van der Waals surface area contributed by atoms with Gasteiger partial charge < -0.3 is 9.72 Å². The highest BCUT2D eigenvalue weighted by molar-refractivity contribution is 5.80. The van der Waals surface area contributed by atoms with E-state index in [1.807, 2.05) is 28.9 Å². The van der Waals surface area contributed by atoms with Crippen LogP contribution in [0.4, 0.5) is 0 Å². The first-order valence-electron chi connectivity index (χ1n) is 10.4. The summed E-state index contributed by atoms with van der Waals surface area (Å²) in [5.41, 5.74) is 1.33. The van der Waals surface area contributed by atoms with Crippen molar-refractivity contribution in [3.8, 4) is 5.75 Å². The Kier molecular flexibility index (Phi) is 5.62. The van der Waals surface area contributed by atoms with Crippen LogP contribution >= 0.6 is 0 Å². The monoisotopic (exact) mass is 396 g/mol. The molecular formula is C21H28N6O2. The fraction of sp³-hybridized carbons (Fsp3) is 0.524. The highest BCUT2D eigenvalue weighted by atomic mass is 16.5. The number of H-pyrrole nitrogens is 1. The highest BCUT2D eigenvalue weighted by Crippen LogP contribution is 2.33. The summed E-state index contributed by atoms with van der Waals surface area (Å²) in [6.45, 7) is 5.76. The van der Waals surface area contributed by atoms with Crippen molar-refractivity contribution in [2.75, 3.05) is 20.2 Å². The lowest BCUT2D eigenvalue weighted by Gasteiger charge is -2.29. The number of fused-ring (bicyclic) bond motifs is 1. The Morgan fingerprint density at radius 3 is 2.69 bits per heavy atom. The second-order valence-corrected chi connectivity index (χ2v) is 7.55. The van der Waals surface area contributed by atoms with Gasteiger partial charge in [-0.15, -0.1) is 5.10 Å². The third-order valence-electron chi connectivity index (χ3n) is 5.99. The summed E-state index contributed by atoms with van der Waals surface area (Å²) in [4.78, 5) is 18.4. The summed E-state index contributed by atoms with van der Waals surface area (Å²) in [5, 5.41) is 13.6. The van der Waals surface area contributed by atoms with Gasteiger partial charge in [-0.05, 0) is 60.6 Å². The summed E-state index contributed by atoms with van der Waals surface area (Å²) in [7, 11) is 1.64. The van der Waals surface area contributed by atoms with Crippen LogP contribution in [0.15, 0.2) is 29.1 Å². The van der Waals surface area contributed by atoms with E-state index in [2.05, 4.69) is 39.3 Å². The molecule has 4 rings (SSSR count). The Labute approximate surface area is 169 Å². The molecule has 1 aliphatic carbocycles. The van der Waals surface area contributed by atoms with Gasteiger partial charge in [-0.3, -0.25) is 9.69 Å². The second kappa shape index (κ2) is 8.32. The van der Waals surface area contributed by atoms with Crippen LogP contribution < -0.4 is 10.3 Å². The number of tetrazole rings is 1.